The van der Waals surface area contributed by atoms with Crippen LogP contribution in [0.4, 0.5) is 13.2 Å². The van der Waals surface area contributed by atoms with Gasteiger partial charge in [-0.15, -0.1) is 0 Å². The van der Waals surface area contributed by atoms with Crippen LogP contribution >= 0.6 is 11.6 Å². The Morgan fingerprint density at radius 2 is 1.75 bits per heavy atom. The molecule has 3 rings (SSSR count). The van der Waals surface area contributed by atoms with E-state index in [-0.39, 0.29) is 34.6 Å². The number of halogens is 4. The number of amides is 1. The Morgan fingerprint density at radius 3 is 2.38 bits per heavy atom. The molecular weight excluding hydrogens is 443 g/mol. The minimum Gasteiger partial charge on any atom is -0.341 e. The Kier molecular flexibility index (Phi) is 8.11. The summed E-state index contributed by atoms with van der Waals surface area (Å²) in [7, 11) is 0. The minimum absolute atomic E-state index is 0.0120. The van der Waals surface area contributed by atoms with Crippen LogP contribution in [0.3, 0.4) is 0 Å². The van der Waals surface area contributed by atoms with Crippen molar-refractivity contribution in [3.05, 3.63) is 70.0 Å². The molecule has 0 aliphatic heterocycles. The molecule has 1 saturated carbocycles. The number of hydrogen-bond acceptors (Lipinski definition) is 4. The van der Waals surface area contributed by atoms with E-state index in [4.69, 9.17) is 23.1 Å². The Balaban J connectivity index is 1.70. The Bertz CT molecular complexity index is 977. The van der Waals surface area contributed by atoms with Crippen molar-refractivity contribution in [2.45, 2.75) is 50.4 Å². The molecular formula is C22H25ClF3N5O. The smallest absolute Gasteiger partial charge is 0.258 e. The summed E-state index contributed by atoms with van der Waals surface area (Å²) in [6, 6.07) is 6.01. The summed E-state index contributed by atoms with van der Waals surface area (Å²) >= 11 is 5.67. The molecule has 2 unspecified atom stereocenters. The fraction of sp³-hybridized carbons (Fsp3) is 0.364. The molecule has 0 bridgehead atoms. The van der Waals surface area contributed by atoms with E-state index in [0.29, 0.717) is 0 Å². The second-order valence-corrected chi connectivity index (χ2v) is 8.20. The van der Waals surface area contributed by atoms with Crippen LogP contribution in [0.15, 0.2) is 41.4 Å². The van der Waals surface area contributed by atoms with E-state index < -0.39 is 35.6 Å². The topological polar surface area (TPSA) is 106 Å². The van der Waals surface area contributed by atoms with Crippen LogP contribution in [-0.2, 0) is 0 Å². The molecule has 1 amide bonds. The van der Waals surface area contributed by atoms with Gasteiger partial charge in [0.25, 0.3) is 5.91 Å². The lowest BCUT2D eigenvalue weighted by molar-refractivity contribution is 0.0975. The second kappa shape index (κ2) is 10.8. The van der Waals surface area contributed by atoms with Crippen molar-refractivity contribution < 1.29 is 18.0 Å². The molecule has 1 aliphatic carbocycles. The number of nitrogens with one attached hydrogen (secondary N) is 2. The van der Waals surface area contributed by atoms with Gasteiger partial charge in [-0.05, 0) is 55.2 Å². The van der Waals surface area contributed by atoms with Gasteiger partial charge in [0, 0.05) is 17.7 Å². The van der Waals surface area contributed by atoms with Gasteiger partial charge in [0.15, 0.2) is 5.96 Å². The third-order valence-electron chi connectivity index (χ3n) is 5.19. The van der Waals surface area contributed by atoms with Gasteiger partial charge < -0.3 is 16.8 Å². The van der Waals surface area contributed by atoms with Crippen molar-refractivity contribution in [1.29, 1.82) is 0 Å². The number of nitrogens with zero attached hydrogens (tertiary/aromatic N) is 1. The highest BCUT2D eigenvalue weighted by Crippen LogP contribution is 2.21. The second-order valence-electron chi connectivity index (χ2n) is 7.79. The summed E-state index contributed by atoms with van der Waals surface area (Å²) in [5.74, 6) is -2.65. The highest BCUT2D eigenvalue weighted by atomic mass is 35.5. The average Bonchev–Trinajstić information content (AvgIpc) is 3.22. The Hall–Kier alpha value is -2.62. The van der Waals surface area contributed by atoms with Gasteiger partial charge in [0.2, 0.25) is 0 Å². The third-order valence-corrected chi connectivity index (χ3v) is 5.50. The van der Waals surface area contributed by atoms with E-state index in [1.54, 1.807) is 0 Å². The third kappa shape index (κ3) is 6.69. The zero-order valence-electron chi connectivity index (χ0n) is 17.3. The fourth-order valence-electron chi connectivity index (χ4n) is 3.57. The SMILES string of the molecule is NC(CC(N)c1cc(F)cc(F)c1)NC(=NC1CCCC1)NC(=O)c1ccc(Cl)c(F)c1. The molecule has 2 aromatic rings. The molecule has 172 valence electrons. The Labute approximate surface area is 189 Å². The average molecular weight is 468 g/mol. The molecule has 6 nitrogen and oxygen atoms in total. The van der Waals surface area contributed by atoms with Crippen molar-refractivity contribution >= 4 is 23.5 Å². The molecule has 0 radical (unpaired) electrons. The summed E-state index contributed by atoms with van der Waals surface area (Å²) in [4.78, 5) is 17.1. The van der Waals surface area contributed by atoms with Gasteiger partial charge >= 0.3 is 0 Å². The molecule has 2 atom stereocenters. The van der Waals surface area contributed by atoms with Crippen molar-refractivity contribution in [2.24, 2.45) is 16.5 Å². The lowest BCUT2D eigenvalue weighted by Gasteiger charge is -2.22. The molecule has 1 aliphatic rings. The van der Waals surface area contributed by atoms with Crippen LogP contribution < -0.4 is 22.1 Å². The van der Waals surface area contributed by atoms with Crippen molar-refractivity contribution in [3.8, 4) is 0 Å². The zero-order valence-corrected chi connectivity index (χ0v) is 18.0. The number of hydrogen-bond donors (Lipinski definition) is 4. The summed E-state index contributed by atoms with van der Waals surface area (Å²) in [6.07, 6.45) is 3.12. The maximum Gasteiger partial charge on any atom is 0.258 e. The molecule has 0 heterocycles. The molecule has 1 fully saturated rings. The normalized spacial score (nSPS) is 16.6. The van der Waals surface area contributed by atoms with Gasteiger partial charge in [-0.2, -0.15) is 0 Å². The van der Waals surface area contributed by atoms with Crippen molar-refractivity contribution in [3.63, 3.8) is 0 Å². The van der Waals surface area contributed by atoms with Crippen LogP contribution in [0.1, 0.15) is 54.1 Å². The van der Waals surface area contributed by atoms with E-state index in [9.17, 15) is 18.0 Å². The molecule has 32 heavy (non-hydrogen) atoms. The van der Waals surface area contributed by atoms with Crippen LogP contribution in [0.5, 0.6) is 0 Å². The van der Waals surface area contributed by atoms with E-state index in [0.717, 1.165) is 49.9 Å². The predicted octanol–water partition coefficient (Wildman–Crippen LogP) is 3.75. The monoisotopic (exact) mass is 467 g/mol. The minimum atomic E-state index is -0.779. The van der Waals surface area contributed by atoms with E-state index in [2.05, 4.69) is 15.6 Å². The fourth-order valence-corrected chi connectivity index (χ4v) is 3.69. The van der Waals surface area contributed by atoms with Crippen LogP contribution in [0, 0.1) is 17.5 Å². The van der Waals surface area contributed by atoms with Gasteiger partial charge in [0.1, 0.15) is 17.5 Å². The Morgan fingerprint density at radius 1 is 1.09 bits per heavy atom. The number of guanidine groups is 1. The van der Waals surface area contributed by atoms with E-state index in [1.807, 2.05) is 0 Å². The molecule has 0 saturated heterocycles. The summed E-state index contributed by atoms with van der Waals surface area (Å²) in [6.45, 7) is 0. The molecule has 2 aromatic carbocycles. The van der Waals surface area contributed by atoms with Gasteiger partial charge in [0.05, 0.1) is 17.2 Å². The molecule has 6 N–H and O–H groups in total. The summed E-state index contributed by atoms with van der Waals surface area (Å²) in [5.41, 5.74) is 12.5. The van der Waals surface area contributed by atoms with Gasteiger partial charge in [-0.3, -0.25) is 10.1 Å². The maximum absolute atomic E-state index is 13.7. The lowest BCUT2D eigenvalue weighted by Crippen LogP contribution is -2.50. The highest BCUT2D eigenvalue weighted by molar-refractivity contribution is 6.30. The number of carbonyl (C=O) groups excluding carboxylic acids is 1. The van der Waals surface area contributed by atoms with Crippen molar-refractivity contribution in [1.82, 2.24) is 10.6 Å². The summed E-state index contributed by atoms with van der Waals surface area (Å²) in [5, 5.41) is 5.43. The van der Waals surface area contributed by atoms with Gasteiger partial charge in [-0.25, -0.2) is 18.2 Å². The molecule has 0 aromatic heterocycles. The van der Waals surface area contributed by atoms with Crippen molar-refractivity contribution in [2.75, 3.05) is 0 Å². The lowest BCUT2D eigenvalue weighted by atomic mass is 10.0. The first-order valence-corrected chi connectivity index (χ1v) is 10.7. The highest BCUT2D eigenvalue weighted by Gasteiger charge is 2.20. The first kappa shape index (κ1) is 24.0. The molecule has 10 heteroatoms. The van der Waals surface area contributed by atoms with Crippen LogP contribution in [-0.4, -0.2) is 24.1 Å². The van der Waals surface area contributed by atoms with Crippen LogP contribution in [0.25, 0.3) is 0 Å². The maximum atomic E-state index is 13.7. The van der Waals surface area contributed by atoms with E-state index >= 15 is 0 Å². The van der Waals surface area contributed by atoms with Gasteiger partial charge in [-0.1, -0.05) is 24.4 Å². The largest absolute Gasteiger partial charge is 0.341 e. The number of benzene rings is 2. The first-order chi connectivity index (χ1) is 15.2. The number of carbonyl (C=O) groups is 1. The number of nitrogens with two attached hydrogens (primary N) is 2. The molecule has 0 spiro atoms. The number of rotatable bonds is 6. The number of aliphatic imine (C=N–C) groups is 1. The summed E-state index contributed by atoms with van der Waals surface area (Å²) < 4.78 is 40.7. The first-order valence-electron chi connectivity index (χ1n) is 10.3. The zero-order chi connectivity index (χ0) is 23.3. The van der Waals surface area contributed by atoms with E-state index in [1.165, 1.54) is 12.1 Å². The predicted molar refractivity (Wildman–Crippen MR) is 118 cm³/mol. The standard InChI is InChI=1S/C22H25ClF3N5O/c23-17-6-5-12(9-18(17)26)21(32)31-22(29-16-3-1-2-4-16)30-20(28)11-19(27)13-7-14(24)10-15(25)8-13/h5-10,16,19-20H,1-4,11,27-28H2,(H2,29,30,31,32). The quantitative estimate of drug-likeness (QED) is 0.295. The van der Waals surface area contributed by atoms with Crippen LogP contribution in [0.2, 0.25) is 5.02 Å².